The van der Waals surface area contributed by atoms with Gasteiger partial charge in [0.1, 0.15) is 5.75 Å². The smallest absolute Gasteiger partial charge is 0.119 e. The lowest BCUT2D eigenvalue weighted by Crippen LogP contribution is -2.17. The van der Waals surface area contributed by atoms with Crippen LogP contribution < -0.4 is 4.74 Å². The minimum Gasteiger partial charge on any atom is -0.494 e. The third kappa shape index (κ3) is 6.64. The molecular formula is C26H39FO. The fourth-order valence-electron chi connectivity index (χ4n) is 5.31. The van der Waals surface area contributed by atoms with Crippen LogP contribution in [-0.2, 0) is 0 Å². The minimum absolute atomic E-state index is 0.719. The summed E-state index contributed by atoms with van der Waals surface area (Å²) in [4.78, 5) is 0. The number of ether oxygens (including phenoxy) is 1. The zero-order valence-corrected chi connectivity index (χ0v) is 17.8. The van der Waals surface area contributed by atoms with Crippen molar-refractivity contribution >= 4 is 0 Å². The van der Waals surface area contributed by atoms with Crippen molar-refractivity contribution in [2.75, 3.05) is 6.61 Å². The highest BCUT2D eigenvalue weighted by Crippen LogP contribution is 2.40. The summed E-state index contributed by atoms with van der Waals surface area (Å²) in [5.74, 6) is 4.36. The highest BCUT2D eigenvalue weighted by atomic mass is 19.1. The Morgan fingerprint density at radius 1 is 0.857 bits per heavy atom. The second-order valence-electron chi connectivity index (χ2n) is 9.20. The average molecular weight is 387 g/mol. The van der Waals surface area contributed by atoms with Crippen molar-refractivity contribution in [3.8, 4) is 5.75 Å². The predicted molar refractivity (Wildman–Crippen MR) is 116 cm³/mol. The van der Waals surface area contributed by atoms with Gasteiger partial charge >= 0.3 is 0 Å². The fraction of sp³-hybridized carbons (Fsp3) is 0.692. The zero-order chi connectivity index (χ0) is 19.6. The molecule has 0 aromatic heterocycles. The lowest BCUT2D eigenvalue weighted by atomic mass is 9.74. The van der Waals surface area contributed by atoms with E-state index in [1.54, 1.807) is 6.08 Å². The fourth-order valence-corrected chi connectivity index (χ4v) is 5.31. The number of halogens is 1. The summed E-state index contributed by atoms with van der Waals surface area (Å²) in [5.41, 5.74) is 1.50. The van der Waals surface area contributed by atoms with Crippen molar-refractivity contribution in [3.63, 3.8) is 0 Å². The summed E-state index contributed by atoms with van der Waals surface area (Å²) >= 11 is 0. The van der Waals surface area contributed by atoms with Gasteiger partial charge in [0.05, 0.1) is 12.9 Å². The summed E-state index contributed by atoms with van der Waals surface area (Å²) in [7, 11) is 0. The molecule has 1 aromatic rings. The van der Waals surface area contributed by atoms with Crippen molar-refractivity contribution in [2.24, 2.45) is 17.8 Å². The number of allylic oxidation sites excluding steroid dienone is 1. The summed E-state index contributed by atoms with van der Waals surface area (Å²) in [5, 5.41) is 0. The van der Waals surface area contributed by atoms with Crippen LogP contribution in [0, 0.1) is 17.8 Å². The Morgan fingerprint density at radius 2 is 1.43 bits per heavy atom. The van der Waals surface area contributed by atoms with Gasteiger partial charge in [-0.25, -0.2) is 4.39 Å². The van der Waals surface area contributed by atoms with Crippen LogP contribution in [0.4, 0.5) is 4.39 Å². The first-order valence-corrected chi connectivity index (χ1v) is 11.8. The van der Waals surface area contributed by atoms with Crippen LogP contribution in [-0.4, -0.2) is 6.61 Å². The maximum absolute atomic E-state index is 12.2. The normalized spacial score (nSPS) is 28.5. The van der Waals surface area contributed by atoms with Crippen LogP contribution in [0.5, 0.6) is 5.75 Å². The molecule has 0 aliphatic heterocycles. The molecule has 2 saturated carbocycles. The molecule has 0 N–H and O–H groups in total. The Labute approximate surface area is 171 Å². The molecule has 0 atom stereocenters. The molecular weight excluding hydrogens is 347 g/mol. The summed E-state index contributed by atoms with van der Waals surface area (Å²) in [6.45, 7) is 2.95. The molecule has 0 saturated heterocycles. The van der Waals surface area contributed by atoms with Crippen LogP contribution in [0.3, 0.4) is 0 Å². The van der Waals surface area contributed by atoms with Crippen molar-refractivity contribution in [1.82, 2.24) is 0 Å². The van der Waals surface area contributed by atoms with E-state index in [1.807, 2.05) is 0 Å². The van der Waals surface area contributed by atoms with E-state index in [0.717, 1.165) is 55.2 Å². The monoisotopic (exact) mass is 386 g/mol. The van der Waals surface area contributed by atoms with E-state index in [9.17, 15) is 4.39 Å². The van der Waals surface area contributed by atoms with E-state index >= 15 is 0 Å². The van der Waals surface area contributed by atoms with Gasteiger partial charge in [-0.05, 0) is 92.7 Å². The number of rotatable bonds is 9. The zero-order valence-electron chi connectivity index (χ0n) is 17.8. The van der Waals surface area contributed by atoms with E-state index < -0.39 is 0 Å². The lowest BCUT2D eigenvalue weighted by molar-refractivity contribution is 0.231. The largest absolute Gasteiger partial charge is 0.494 e. The molecule has 28 heavy (non-hydrogen) atoms. The quantitative estimate of drug-likeness (QED) is 0.415. The van der Waals surface area contributed by atoms with Gasteiger partial charge in [-0.3, -0.25) is 0 Å². The molecule has 0 bridgehead atoms. The van der Waals surface area contributed by atoms with Gasteiger partial charge in [0, 0.05) is 0 Å². The minimum atomic E-state index is 0.719. The molecule has 1 nitrogen and oxygen atoms in total. The molecule has 2 aliphatic rings. The number of hydrogen-bond donors (Lipinski definition) is 0. The first-order valence-electron chi connectivity index (χ1n) is 11.8. The summed E-state index contributed by atoms with van der Waals surface area (Å²) < 4.78 is 17.9. The van der Waals surface area contributed by atoms with Crippen molar-refractivity contribution < 1.29 is 9.13 Å². The second kappa shape index (κ2) is 11.6. The second-order valence-corrected chi connectivity index (χ2v) is 9.20. The molecule has 1 aromatic carbocycles. The molecule has 0 heterocycles. The molecule has 3 rings (SSSR count). The van der Waals surface area contributed by atoms with Gasteiger partial charge in [-0.2, -0.15) is 0 Å². The van der Waals surface area contributed by atoms with Crippen molar-refractivity contribution in [2.45, 2.75) is 89.9 Å². The van der Waals surface area contributed by atoms with Crippen LogP contribution >= 0.6 is 0 Å². The van der Waals surface area contributed by atoms with Crippen LogP contribution in [0.15, 0.2) is 36.7 Å². The molecule has 156 valence electrons. The Bertz CT molecular complexity index is 563. The molecule has 2 fully saturated rings. The van der Waals surface area contributed by atoms with Gasteiger partial charge < -0.3 is 4.74 Å². The maximum atomic E-state index is 12.2. The van der Waals surface area contributed by atoms with E-state index in [2.05, 4.69) is 31.2 Å². The lowest BCUT2D eigenvalue weighted by Gasteiger charge is -2.32. The molecule has 0 unspecified atom stereocenters. The molecule has 2 aliphatic carbocycles. The van der Waals surface area contributed by atoms with Gasteiger partial charge in [-0.1, -0.05) is 50.8 Å². The molecule has 0 radical (unpaired) electrons. The topological polar surface area (TPSA) is 9.23 Å². The van der Waals surface area contributed by atoms with Crippen molar-refractivity contribution in [3.05, 3.63) is 42.2 Å². The molecule has 0 amide bonds. The van der Waals surface area contributed by atoms with Crippen molar-refractivity contribution in [1.29, 1.82) is 0 Å². The van der Waals surface area contributed by atoms with Crippen LogP contribution in [0.25, 0.3) is 0 Å². The summed E-state index contributed by atoms with van der Waals surface area (Å²) in [6, 6.07) is 8.87. The van der Waals surface area contributed by atoms with Crippen LogP contribution in [0.2, 0.25) is 0 Å². The predicted octanol–water partition coefficient (Wildman–Crippen LogP) is 8.21. The highest BCUT2D eigenvalue weighted by Gasteiger charge is 2.25. The maximum Gasteiger partial charge on any atom is 0.119 e. The molecule has 0 spiro atoms. The van der Waals surface area contributed by atoms with E-state index in [-0.39, 0.29) is 0 Å². The first kappa shape index (κ1) is 21.4. The average Bonchev–Trinajstić information content (AvgIpc) is 2.76. The number of hydrogen-bond acceptors (Lipinski definition) is 1. The van der Waals surface area contributed by atoms with Gasteiger partial charge in [0.25, 0.3) is 0 Å². The summed E-state index contributed by atoms with van der Waals surface area (Å²) in [6.07, 6.45) is 18.1. The van der Waals surface area contributed by atoms with Crippen LogP contribution in [0.1, 0.15) is 95.5 Å². The third-order valence-electron chi connectivity index (χ3n) is 7.18. The van der Waals surface area contributed by atoms with Gasteiger partial charge in [-0.15, -0.1) is 0 Å². The SMILES string of the molecule is CCCOc1ccc(C2CCC(CCC3CCC(CC=CF)CC3)CC2)cc1. The van der Waals surface area contributed by atoms with E-state index in [4.69, 9.17) is 4.74 Å². The highest BCUT2D eigenvalue weighted by molar-refractivity contribution is 5.29. The Morgan fingerprint density at radius 3 is 2.00 bits per heavy atom. The van der Waals surface area contributed by atoms with E-state index in [0.29, 0.717) is 0 Å². The Hall–Kier alpha value is -1.31. The van der Waals surface area contributed by atoms with Gasteiger partial charge in [0.2, 0.25) is 0 Å². The van der Waals surface area contributed by atoms with Gasteiger partial charge in [0.15, 0.2) is 0 Å². The van der Waals surface area contributed by atoms with E-state index in [1.165, 1.54) is 69.8 Å². The Kier molecular flexibility index (Phi) is 8.89. The standard InChI is InChI=1S/C26H39FO/c1-2-20-28-26-17-15-25(16-18-26)24-13-11-23(12-14-24)10-9-22-7-5-21(6-8-22)4-3-19-27/h3,15-19,21-24H,2,4-14,20H2,1H3. The molecule has 2 heteroatoms. The Balaban J connectivity index is 1.33. The number of benzene rings is 1. The first-order chi connectivity index (χ1) is 13.8. The third-order valence-corrected chi connectivity index (χ3v) is 7.18.